The molecule has 1 aromatic carbocycles. The van der Waals surface area contributed by atoms with E-state index in [0.29, 0.717) is 11.6 Å². The van der Waals surface area contributed by atoms with Crippen LogP contribution in [-0.2, 0) is 18.3 Å². The summed E-state index contributed by atoms with van der Waals surface area (Å²) in [5, 5.41) is 3.89. The van der Waals surface area contributed by atoms with Gasteiger partial charge in [0.1, 0.15) is 5.75 Å². The van der Waals surface area contributed by atoms with Gasteiger partial charge in [-0.15, -0.1) is 0 Å². The lowest BCUT2D eigenvalue weighted by atomic mass is 9.99. The first-order chi connectivity index (χ1) is 10.9. The van der Waals surface area contributed by atoms with Gasteiger partial charge in [-0.25, -0.2) is 0 Å². The van der Waals surface area contributed by atoms with Crippen molar-refractivity contribution in [3.63, 3.8) is 0 Å². The zero-order valence-electron chi connectivity index (χ0n) is 12.3. The van der Waals surface area contributed by atoms with Gasteiger partial charge in [-0.2, -0.15) is 18.2 Å². The number of aromatic nitrogens is 2. The molecule has 1 saturated carbocycles. The molecule has 1 heterocycles. The topological polar surface area (TPSA) is 74.2 Å². The third-order valence-corrected chi connectivity index (χ3v) is 3.95. The lowest BCUT2D eigenvalue weighted by molar-refractivity contribution is -0.137. The Balaban J connectivity index is 1.61. The van der Waals surface area contributed by atoms with Crippen LogP contribution in [-0.4, -0.2) is 10.1 Å². The van der Waals surface area contributed by atoms with Gasteiger partial charge in [-0.3, -0.25) is 0 Å². The highest BCUT2D eigenvalue weighted by Crippen LogP contribution is 2.34. The van der Waals surface area contributed by atoms with E-state index in [-0.39, 0.29) is 12.5 Å². The van der Waals surface area contributed by atoms with Crippen LogP contribution in [0.5, 0.6) is 5.75 Å². The molecule has 0 aliphatic heterocycles. The summed E-state index contributed by atoms with van der Waals surface area (Å²) in [6.07, 6.45) is -0.682. The van der Waals surface area contributed by atoms with Gasteiger partial charge in [0, 0.05) is 0 Å². The molecular weight excluding hydrogens is 311 g/mol. The van der Waals surface area contributed by atoms with Crippen LogP contribution in [0.3, 0.4) is 0 Å². The average molecular weight is 327 g/mol. The normalized spacial score (nSPS) is 17.4. The molecule has 1 fully saturated rings. The highest BCUT2D eigenvalue weighted by molar-refractivity contribution is 5.28. The Morgan fingerprint density at radius 2 is 1.83 bits per heavy atom. The number of benzene rings is 1. The molecule has 3 rings (SSSR count). The molecule has 1 aliphatic carbocycles. The van der Waals surface area contributed by atoms with Crippen LogP contribution in [0, 0.1) is 0 Å². The number of hydrogen-bond donors (Lipinski definition) is 1. The van der Waals surface area contributed by atoms with Crippen molar-refractivity contribution in [3.05, 3.63) is 41.5 Å². The molecule has 0 unspecified atom stereocenters. The fraction of sp³-hybridized carbons (Fsp3) is 0.467. The van der Waals surface area contributed by atoms with E-state index in [1.165, 1.54) is 12.1 Å². The van der Waals surface area contributed by atoms with Crippen LogP contribution in [0.15, 0.2) is 28.8 Å². The molecule has 0 amide bonds. The predicted octanol–water partition coefficient (Wildman–Crippen LogP) is 3.40. The molecule has 0 bridgehead atoms. The van der Waals surface area contributed by atoms with Gasteiger partial charge in [0.15, 0.2) is 12.4 Å². The van der Waals surface area contributed by atoms with Crippen molar-refractivity contribution in [2.24, 2.45) is 5.73 Å². The number of halogens is 3. The number of rotatable bonds is 4. The van der Waals surface area contributed by atoms with Crippen molar-refractivity contribution in [1.29, 1.82) is 0 Å². The maximum Gasteiger partial charge on any atom is 0.416 e. The van der Waals surface area contributed by atoms with Gasteiger partial charge in [-0.05, 0) is 37.1 Å². The second-order valence-electron chi connectivity index (χ2n) is 5.69. The SMILES string of the molecule is NC1(c2noc(COc3ccc(C(F)(F)F)cc3)n2)CCCC1. The molecule has 0 spiro atoms. The summed E-state index contributed by atoms with van der Waals surface area (Å²) in [6.45, 7) is -0.0194. The summed E-state index contributed by atoms with van der Waals surface area (Å²) >= 11 is 0. The van der Waals surface area contributed by atoms with E-state index in [1.807, 2.05) is 0 Å². The lowest BCUT2D eigenvalue weighted by Gasteiger charge is -2.17. The molecule has 23 heavy (non-hydrogen) atoms. The van der Waals surface area contributed by atoms with Gasteiger partial charge in [0.25, 0.3) is 5.89 Å². The van der Waals surface area contributed by atoms with Crippen molar-refractivity contribution in [1.82, 2.24) is 10.1 Å². The largest absolute Gasteiger partial charge is 0.484 e. The summed E-state index contributed by atoms with van der Waals surface area (Å²) in [4.78, 5) is 4.23. The van der Waals surface area contributed by atoms with Crippen LogP contribution in [0.2, 0.25) is 0 Å². The third-order valence-electron chi connectivity index (χ3n) is 3.95. The number of nitrogens with two attached hydrogens (primary N) is 1. The first kappa shape index (κ1) is 15.8. The smallest absolute Gasteiger partial charge is 0.416 e. The molecule has 2 N–H and O–H groups in total. The molecule has 124 valence electrons. The van der Waals surface area contributed by atoms with E-state index < -0.39 is 17.3 Å². The van der Waals surface area contributed by atoms with E-state index in [9.17, 15) is 13.2 Å². The van der Waals surface area contributed by atoms with E-state index in [2.05, 4.69) is 10.1 Å². The van der Waals surface area contributed by atoms with Gasteiger partial charge in [0.05, 0.1) is 11.1 Å². The van der Waals surface area contributed by atoms with Crippen molar-refractivity contribution >= 4 is 0 Å². The first-order valence-corrected chi connectivity index (χ1v) is 7.29. The van der Waals surface area contributed by atoms with E-state index in [1.54, 1.807) is 0 Å². The van der Waals surface area contributed by atoms with Crippen LogP contribution in [0.4, 0.5) is 13.2 Å². The number of nitrogens with zero attached hydrogens (tertiary/aromatic N) is 2. The van der Waals surface area contributed by atoms with Crippen molar-refractivity contribution in [2.45, 2.75) is 44.0 Å². The summed E-state index contributed by atoms with van der Waals surface area (Å²) < 4.78 is 47.9. The maximum atomic E-state index is 12.5. The molecular formula is C15H16F3N3O2. The Kier molecular flexibility index (Phi) is 4.01. The van der Waals surface area contributed by atoms with Crippen molar-refractivity contribution < 1.29 is 22.4 Å². The molecule has 1 aliphatic rings. The highest BCUT2D eigenvalue weighted by atomic mass is 19.4. The quantitative estimate of drug-likeness (QED) is 0.931. The summed E-state index contributed by atoms with van der Waals surface area (Å²) in [5.41, 5.74) is 4.95. The van der Waals surface area contributed by atoms with E-state index >= 15 is 0 Å². The van der Waals surface area contributed by atoms with Crippen LogP contribution in [0.1, 0.15) is 43.0 Å². The monoisotopic (exact) mass is 327 g/mol. The minimum Gasteiger partial charge on any atom is -0.484 e. The molecule has 1 aromatic heterocycles. The molecule has 5 nitrogen and oxygen atoms in total. The van der Waals surface area contributed by atoms with Gasteiger partial charge in [-0.1, -0.05) is 18.0 Å². The number of hydrogen-bond acceptors (Lipinski definition) is 5. The van der Waals surface area contributed by atoms with E-state index in [4.69, 9.17) is 15.0 Å². The molecule has 0 saturated heterocycles. The van der Waals surface area contributed by atoms with Gasteiger partial charge >= 0.3 is 6.18 Å². The predicted molar refractivity (Wildman–Crippen MR) is 74.4 cm³/mol. The Labute approximate surface area is 130 Å². The summed E-state index contributed by atoms with van der Waals surface area (Å²) in [5.74, 6) is 0.999. The minimum atomic E-state index is -4.36. The summed E-state index contributed by atoms with van der Waals surface area (Å²) in [7, 11) is 0. The van der Waals surface area contributed by atoms with E-state index in [0.717, 1.165) is 37.8 Å². The second-order valence-corrected chi connectivity index (χ2v) is 5.69. The molecule has 2 aromatic rings. The third kappa shape index (κ3) is 3.47. The van der Waals surface area contributed by atoms with Crippen LogP contribution >= 0.6 is 0 Å². The Morgan fingerprint density at radius 1 is 1.17 bits per heavy atom. The first-order valence-electron chi connectivity index (χ1n) is 7.29. The molecule has 8 heteroatoms. The Hall–Kier alpha value is -2.09. The highest BCUT2D eigenvalue weighted by Gasteiger charge is 2.36. The molecule has 0 radical (unpaired) electrons. The van der Waals surface area contributed by atoms with Crippen LogP contribution < -0.4 is 10.5 Å². The Morgan fingerprint density at radius 3 is 2.43 bits per heavy atom. The minimum absolute atomic E-state index is 0.0194. The zero-order chi connectivity index (χ0) is 16.5. The molecule has 0 atom stereocenters. The number of alkyl halides is 3. The van der Waals surface area contributed by atoms with Crippen molar-refractivity contribution in [2.75, 3.05) is 0 Å². The zero-order valence-corrected chi connectivity index (χ0v) is 12.3. The fourth-order valence-corrected chi connectivity index (χ4v) is 2.63. The maximum absolute atomic E-state index is 12.5. The standard InChI is InChI=1S/C15H16F3N3O2/c16-15(17,18)10-3-5-11(6-4-10)22-9-12-20-13(21-23-12)14(19)7-1-2-8-14/h3-6H,1-2,7-9,19H2. The van der Waals surface area contributed by atoms with Crippen LogP contribution in [0.25, 0.3) is 0 Å². The van der Waals surface area contributed by atoms with Crippen molar-refractivity contribution in [3.8, 4) is 5.75 Å². The second kappa shape index (κ2) is 5.84. The average Bonchev–Trinajstić information content (AvgIpc) is 3.14. The van der Waals surface area contributed by atoms with Gasteiger partial charge in [0.2, 0.25) is 0 Å². The Bertz CT molecular complexity index is 661. The fourth-order valence-electron chi connectivity index (χ4n) is 2.63. The number of ether oxygens (including phenoxy) is 1. The summed E-state index contributed by atoms with van der Waals surface area (Å²) in [6, 6.07) is 4.42. The van der Waals surface area contributed by atoms with Gasteiger partial charge < -0.3 is 15.0 Å². The lowest BCUT2D eigenvalue weighted by Crippen LogP contribution is -2.34.